The van der Waals surface area contributed by atoms with Gasteiger partial charge in [0.15, 0.2) is 6.10 Å². The first-order chi connectivity index (χ1) is 8.93. The zero-order valence-corrected chi connectivity index (χ0v) is 11.8. The average Bonchev–Trinajstić information content (AvgIpc) is 2.30. The van der Waals surface area contributed by atoms with Crippen LogP contribution in [0.5, 0.6) is 5.75 Å². The van der Waals surface area contributed by atoms with Gasteiger partial charge < -0.3 is 15.6 Å². The van der Waals surface area contributed by atoms with E-state index in [1.54, 1.807) is 0 Å². The van der Waals surface area contributed by atoms with Crippen LogP contribution in [-0.4, -0.2) is 23.2 Å². The fraction of sp³-hybridized carbons (Fsp3) is 0.533. The Morgan fingerprint density at radius 3 is 2.68 bits per heavy atom. The van der Waals surface area contributed by atoms with Gasteiger partial charge in [0.1, 0.15) is 5.75 Å². The van der Waals surface area contributed by atoms with Crippen LogP contribution in [0.1, 0.15) is 37.8 Å². The van der Waals surface area contributed by atoms with Crippen LogP contribution in [0.2, 0.25) is 0 Å². The lowest BCUT2D eigenvalue weighted by Crippen LogP contribution is -2.27. The Bertz CT molecular complexity index is 429. The molecule has 0 saturated heterocycles. The average molecular weight is 265 g/mol. The minimum Gasteiger partial charge on any atom is -0.479 e. The van der Waals surface area contributed by atoms with Gasteiger partial charge in [0.05, 0.1) is 0 Å². The molecule has 1 rings (SSSR count). The SMILES string of the molecule is CCCC(Oc1ccc(C)cc1CC(C)N)C(=O)O. The predicted octanol–water partition coefficient (Wildman–Crippen LogP) is 2.52. The monoisotopic (exact) mass is 265 g/mol. The first-order valence-corrected chi connectivity index (χ1v) is 6.68. The molecule has 3 N–H and O–H groups in total. The van der Waals surface area contributed by atoms with Crippen molar-refractivity contribution in [3.63, 3.8) is 0 Å². The molecule has 106 valence electrons. The molecule has 0 aliphatic carbocycles. The first kappa shape index (κ1) is 15.5. The first-order valence-electron chi connectivity index (χ1n) is 6.68. The lowest BCUT2D eigenvalue weighted by atomic mass is 10.0. The van der Waals surface area contributed by atoms with Crippen LogP contribution in [-0.2, 0) is 11.2 Å². The number of benzene rings is 1. The maximum atomic E-state index is 11.1. The third-order valence-electron chi connectivity index (χ3n) is 2.85. The summed E-state index contributed by atoms with van der Waals surface area (Å²) in [6.07, 6.45) is 1.15. The second kappa shape index (κ2) is 7.14. The van der Waals surface area contributed by atoms with Crippen molar-refractivity contribution >= 4 is 5.97 Å². The Morgan fingerprint density at radius 2 is 2.16 bits per heavy atom. The molecular formula is C15H23NO3. The van der Waals surface area contributed by atoms with Crippen molar-refractivity contribution < 1.29 is 14.6 Å². The minimum absolute atomic E-state index is 0.0126. The van der Waals surface area contributed by atoms with Crippen LogP contribution in [0.25, 0.3) is 0 Å². The van der Waals surface area contributed by atoms with Crippen LogP contribution in [0.3, 0.4) is 0 Å². The molecule has 1 aromatic rings. The highest BCUT2D eigenvalue weighted by Gasteiger charge is 2.19. The maximum Gasteiger partial charge on any atom is 0.344 e. The molecule has 0 aliphatic heterocycles. The summed E-state index contributed by atoms with van der Waals surface area (Å²) in [4.78, 5) is 11.1. The number of hydrogen-bond donors (Lipinski definition) is 2. The quantitative estimate of drug-likeness (QED) is 0.794. The van der Waals surface area contributed by atoms with E-state index >= 15 is 0 Å². The molecule has 4 nitrogen and oxygen atoms in total. The van der Waals surface area contributed by atoms with E-state index in [2.05, 4.69) is 0 Å². The molecule has 0 fully saturated rings. The molecule has 0 heterocycles. The number of carboxylic acids is 1. The van der Waals surface area contributed by atoms with Gasteiger partial charge in [-0.3, -0.25) is 0 Å². The van der Waals surface area contributed by atoms with Crippen molar-refractivity contribution in [2.24, 2.45) is 5.73 Å². The molecule has 0 saturated carbocycles. The highest BCUT2D eigenvalue weighted by Crippen LogP contribution is 2.23. The largest absolute Gasteiger partial charge is 0.479 e. The Balaban J connectivity index is 2.94. The van der Waals surface area contributed by atoms with Gasteiger partial charge >= 0.3 is 5.97 Å². The Hall–Kier alpha value is -1.55. The summed E-state index contributed by atoms with van der Waals surface area (Å²) in [5.74, 6) is -0.294. The van der Waals surface area contributed by atoms with Gasteiger partial charge in [-0.05, 0) is 38.3 Å². The van der Waals surface area contributed by atoms with Crippen molar-refractivity contribution in [1.82, 2.24) is 0 Å². The molecule has 0 aromatic heterocycles. The molecule has 1 aromatic carbocycles. The summed E-state index contributed by atoms with van der Waals surface area (Å²) in [6, 6.07) is 5.77. The fourth-order valence-corrected chi connectivity index (χ4v) is 1.98. The molecule has 0 spiro atoms. The molecule has 0 aliphatic rings. The number of carboxylic acid groups (broad SMARTS) is 1. The Kier molecular flexibility index (Phi) is 5.83. The summed E-state index contributed by atoms with van der Waals surface area (Å²) >= 11 is 0. The van der Waals surface area contributed by atoms with Crippen molar-refractivity contribution in [3.05, 3.63) is 29.3 Å². The van der Waals surface area contributed by atoms with Crippen molar-refractivity contribution in [3.8, 4) is 5.75 Å². The standard InChI is InChI=1S/C15H23NO3/c1-4-5-14(15(17)18)19-13-7-6-10(2)8-12(13)9-11(3)16/h6-8,11,14H,4-5,9,16H2,1-3H3,(H,17,18). The third kappa shape index (κ3) is 4.91. The second-order valence-corrected chi connectivity index (χ2v) is 5.03. The van der Waals surface area contributed by atoms with E-state index < -0.39 is 12.1 Å². The molecular weight excluding hydrogens is 242 g/mol. The van der Waals surface area contributed by atoms with E-state index in [1.165, 1.54) is 0 Å². The molecule has 0 bridgehead atoms. The van der Waals surface area contributed by atoms with E-state index in [4.69, 9.17) is 15.6 Å². The predicted molar refractivity (Wildman–Crippen MR) is 75.5 cm³/mol. The maximum absolute atomic E-state index is 11.1. The van der Waals surface area contributed by atoms with Gasteiger partial charge in [0, 0.05) is 6.04 Å². The number of hydrogen-bond acceptors (Lipinski definition) is 3. The second-order valence-electron chi connectivity index (χ2n) is 5.03. The summed E-state index contributed by atoms with van der Waals surface area (Å²) in [7, 11) is 0. The molecule has 19 heavy (non-hydrogen) atoms. The number of aryl methyl sites for hydroxylation is 1. The normalized spacial score (nSPS) is 13.9. The van der Waals surface area contributed by atoms with Gasteiger partial charge in [-0.1, -0.05) is 31.0 Å². The lowest BCUT2D eigenvalue weighted by Gasteiger charge is -2.18. The molecule has 0 radical (unpaired) electrons. The van der Waals surface area contributed by atoms with Gasteiger partial charge in [-0.25, -0.2) is 4.79 Å². The summed E-state index contributed by atoms with van der Waals surface area (Å²) < 4.78 is 5.65. The summed E-state index contributed by atoms with van der Waals surface area (Å²) in [6.45, 7) is 5.86. The topological polar surface area (TPSA) is 72.5 Å². The Labute approximate surface area is 114 Å². The van der Waals surface area contributed by atoms with E-state index in [1.807, 2.05) is 39.0 Å². The fourth-order valence-electron chi connectivity index (χ4n) is 1.98. The minimum atomic E-state index is -0.922. The molecule has 2 unspecified atom stereocenters. The summed E-state index contributed by atoms with van der Waals surface area (Å²) in [5, 5.41) is 9.14. The van der Waals surface area contributed by atoms with Gasteiger partial charge in [-0.15, -0.1) is 0 Å². The van der Waals surface area contributed by atoms with Crippen LogP contribution in [0.15, 0.2) is 18.2 Å². The van der Waals surface area contributed by atoms with Crippen molar-refractivity contribution in [2.45, 2.75) is 52.2 Å². The number of nitrogens with two attached hydrogens (primary N) is 1. The van der Waals surface area contributed by atoms with Crippen molar-refractivity contribution in [1.29, 1.82) is 0 Å². The van der Waals surface area contributed by atoms with E-state index in [-0.39, 0.29) is 6.04 Å². The van der Waals surface area contributed by atoms with E-state index in [0.29, 0.717) is 18.6 Å². The van der Waals surface area contributed by atoms with E-state index in [9.17, 15) is 4.79 Å². The van der Waals surface area contributed by atoms with Crippen LogP contribution < -0.4 is 10.5 Å². The number of aliphatic carboxylic acids is 1. The zero-order chi connectivity index (χ0) is 14.4. The molecule has 0 amide bonds. The lowest BCUT2D eigenvalue weighted by molar-refractivity contribution is -0.145. The smallest absolute Gasteiger partial charge is 0.344 e. The highest BCUT2D eigenvalue weighted by atomic mass is 16.5. The number of rotatable bonds is 7. The highest BCUT2D eigenvalue weighted by molar-refractivity contribution is 5.72. The number of ether oxygens (including phenoxy) is 1. The van der Waals surface area contributed by atoms with Gasteiger partial charge in [0.2, 0.25) is 0 Å². The van der Waals surface area contributed by atoms with Crippen LogP contribution in [0, 0.1) is 6.92 Å². The zero-order valence-electron chi connectivity index (χ0n) is 11.8. The Morgan fingerprint density at radius 1 is 1.47 bits per heavy atom. The van der Waals surface area contributed by atoms with Crippen LogP contribution >= 0.6 is 0 Å². The molecule has 4 heteroatoms. The molecule has 2 atom stereocenters. The van der Waals surface area contributed by atoms with Crippen molar-refractivity contribution in [2.75, 3.05) is 0 Å². The van der Waals surface area contributed by atoms with E-state index in [0.717, 1.165) is 17.5 Å². The van der Waals surface area contributed by atoms with Gasteiger partial charge in [-0.2, -0.15) is 0 Å². The van der Waals surface area contributed by atoms with Gasteiger partial charge in [0.25, 0.3) is 0 Å². The van der Waals surface area contributed by atoms with Crippen LogP contribution in [0.4, 0.5) is 0 Å². The number of carbonyl (C=O) groups is 1. The third-order valence-corrected chi connectivity index (χ3v) is 2.85. The summed E-state index contributed by atoms with van der Waals surface area (Å²) in [5.41, 5.74) is 7.91.